The van der Waals surface area contributed by atoms with Crippen LogP contribution < -0.4 is 20.7 Å². The van der Waals surface area contributed by atoms with Gasteiger partial charge in [-0.2, -0.15) is 0 Å². The number of carbonyl (C=O) groups is 2. The molecule has 1 aromatic heterocycles. The molecule has 1 heterocycles. The highest BCUT2D eigenvalue weighted by Gasteiger charge is 2.24. The molecule has 4 rings (SSSR count). The third kappa shape index (κ3) is 5.26. The molecule has 2 aromatic carbocycles. The topological polar surface area (TPSA) is 92.3 Å². The van der Waals surface area contributed by atoms with Gasteiger partial charge in [0.1, 0.15) is 10.6 Å². The molecule has 0 bridgehead atoms. The largest absolute Gasteiger partial charge is 0.497 e. The van der Waals surface area contributed by atoms with E-state index in [9.17, 15) is 9.59 Å². The Morgan fingerprint density at radius 3 is 2.69 bits per heavy atom. The Labute approximate surface area is 191 Å². The Kier molecular flexibility index (Phi) is 6.41. The van der Waals surface area contributed by atoms with E-state index in [1.165, 1.54) is 11.3 Å². The van der Waals surface area contributed by atoms with E-state index in [-0.39, 0.29) is 17.9 Å². The molecule has 8 heteroatoms. The van der Waals surface area contributed by atoms with Gasteiger partial charge in [0, 0.05) is 23.8 Å². The minimum atomic E-state index is -0.239. The molecular weight excluding hydrogens is 424 g/mol. The number of nitrogens with one attached hydrogen (secondary N) is 3. The second-order valence-electron chi connectivity index (χ2n) is 7.87. The molecule has 0 aliphatic heterocycles. The maximum absolute atomic E-state index is 12.9. The highest BCUT2D eigenvalue weighted by atomic mass is 32.1. The van der Waals surface area contributed by atoms with Gasteiger partial charge in [0.15, 0.2) is 5.13 Å². The molecule has 166 valence electrons. The summed E-state index contributed by atoms with van der Waals surface area (Å²) in [5.41, 5.74) is 3.76. The third-order valence-corrected chi connectivity index (χ3v) is 6.36. The molecule has 7 nitrogen and oxygen atoms in total. The monoisotopic (exact) mass is 450 g/mol. The number of ether oxygens (including phenoxy) is 1. The fourth-order valence-electron chi connectivity index (χ4n) is 3.22. The lowest BCUT2D eigenvalue weighted by Gasteiger charge is -2.10. The number of carbonyl (C=O) groups excluding carboxylic acids is 2. The second kappa shape index (κ2) is 9.40. The minimum Gasteiger partial charge on any atom is -0.497 e. The van der Waals surface area contributed by atoms with Gasteiger partial charge in [0.25, 0.3) is 11.8 Å². The van der Waals surface area contributed by atoms with Crippen LogP contribution >= 0.6 is 11.3 Å². The molecule has 0 atom stereocenters. The van der Waals surface area contributed by atoms with Crippen molar-refractivity contribution in [3.05, 3.63) is 69.7 Å². The predicted octanol–water partition coefficient (Wildman–Crippen LogP) is 4.53. The van der Waals surface area contributed by atoms with Gasteiger partial charge in [-0.15, -0.1) is 0 Å². The van der Waals surface area contributed by atoms with E-state index in [0.717, 1.165) is 29.7 Å². The Bertz CT molecular complexity index is 1150. The maximum Gasteiger partial charge on any atom is 0.267 e. The van der Waals surface area contributed by atoms with Crippen molar-refractivity contribution in [1.29, 1.82) is 0 Å². The molecule has 0 unspecified atom stereocenters. The molecule has 0 spiro atoms. The van der Waals surface area contributed by atoms with E-state index < -0.39 is 0 Å². The lowest BCUT2D eigenvalue weighted by atomic mass is 10.1. The van der Waals surface area contributed by atoms with Crippen LogP contribution in [0.2, 0.25) is 0 Å². The summed E-state index contributed by atoms with van der Waals surface area (Å²) < 4.78 is 5.25. The Morgan fingerprint density at radius 2 is 1.94 bits per heavy atom. The first-order chi connectivity index (χ1) is 15.4. The molecule has 1 saturated carbocycles. The summed E-state index contributed by atoms with van der Waals surface area (Å²) in [6, 6.07) is 13.4. The zero-order valence-electron chi connectivity index (χ0n) is 18.3. The number of rotatable bonds is 8. The third-order valence-electron chi connectivity index (χ3n) is 5.24. The van der Waals surface area contributed by atoms with Crippen LogP contribution in [-0.2, 0) is 6.54 Å². The van der Waals surface area contributed by atoms with Crippen LogP contribution in [0.25, 0.3) is 0 Å². The average Bonchev–Trinajstić information content (AvgIpc) is 3.52. The zero-order valence-corrected chi connectivity index (χ0v) is 19.1. The number of thiazole rings is 1. The Morgan fingerprint density at radius 1 is 1.12 bits per heavy atom. The number of hydrogen-bond donors (Lipinski definition) is 3. The molecule has 1 aliphatic carbocycles. The number of nitrogens with zero attached hydrogens (tertiary/aromatic N) is 1. The SMILES string of the molecule is COc1cccc(CNc2nc(C)c(C(=O)Nc3cc(C(=O)NC4CC4)ccc3C)s2)c1. The van der Waals surface area contributed by atoms with Crippen LogP contribution in [0.15, 0.2) is 42.5 Å². The van der Waals surface area contributed by atoms with E-state index in [1.54, 1.807) is 19.2 Å². The normalized spacial score (nSPS) is 12.8. The number of hydrogen-bond acceptors (Lipinski definition) is 6. The van der Waals surface area contributed by atoms with Crippen LogP contribution in [0.4, 0.5) is 10.8 Å². The standard InChI is InChI=1S/C24H26N4O3S/c1-14-7-8-17(22(29)27-18-9-10-18)12-20(14)28-23(30)21-15(2)26-24(32-21)25-13-16-5-4-6-19(11-16)31-3/h4-8,11-12,18H,9-10,13H2,1-3H3,(H,25,26)(H,27,29)(H,28,30). The number of benzene rings is 2. The summed E-state index contributed by atoms with van der Waals surface area (Å²) in [7, 11) is 1.64. The van der Waals surface area contributed by atoms with E-state index in [4.69, 9.17) is 4.74 Å². The molecule has 32 heavy (non-hydrogen) atoms. The first-order valence-electron chi connectivity index (χ1n) is 10.5. The van der Waals surface area contributed by atoms with Crippen molar-refractivity contribution in [1.82, 2.24) is 10.3 Å². The lowest BCUT2D eigenvalue weighted by molar-refractivity contribution is 0.0949. The number of methoxy groups -OCH3 is 1. The van der Waals surface area contributed by atoms with Crippen molar-refractivity contribution in [2.45, 2.75) is 39.3 Å². The zero-order chi connectivity index (χ0) is 22.7. The van der Waals surface area contributed by atoms with Gasteiger partial charge in [-0.25, -0.2) is 4.98 Å². The first-order valence-corrected chi connectivity index (χ1v) is 11.3. The van der Waals surface area contributed by atoms with Crippen molar-refractivity contribution in [2.75, 3.05) is 17.7 Å². The van der Waals surface area contributed by atoms with Gasteiger partial charge in [-0.3, -0.25) is 9.59 Å². The number of anilines is 2. The van der Waals surface area contributed by atoms with Crippen molar-refractivity contribution >= 4 is 34.0 Å². The van der Waals surface area contributed by atoms with Gasteiger partial charge in [-0.1, -0.05) is 29.5 Å². The van der Waals surface area contributed by atoms with E-state index in [1.807, 2.05) is 44.2 Å². The summed E-state index contributed by atoms with van der Waals surface area (Å²) in [5, 5.41) is 9.86. The predicted molar refractivity (Wildman–Crippen MR) is 127 cm³/mol. The molecule has 3 N–H and O–H groups in total. The van der Waals surface area contributed by atoms with E-state index >= 15 is 0 Å². The number of aryl methyl sites for hydroxylation is 2. The molecule has 1 fully saturated rings. The Hall–Kier alpha value is -3.39. The van der Waals surface area contributed by atoms with Gasteiger partial charge in [0.05, 0.1) is 12.8 Å². The van der Waals surface area contributed by atoms with Crippen LogP contribution in [-0.4, -0.2) is 29.9 Å². The summed E-state index contributed by atoms with van der Waals surface area (Å²) in [4.78, 5) is 30.3. The minimum absolute atomic E-state index is 0.110. The van der Waals surface area contributed by atoms with E-state index in [0.29, 0.717) is 33.5 Å². The average molecular weight is 451 g/mol. The highest BCUT2D eigenvalue weighted by Crippen LogP contribution is 2.26. The number of amides is 2. The quantitative estimate of drug-likeness (QED) is 0.469. The summed E-state index contributed by atoms with van der Waals surface area (Å²) in [6.07, 6.45) is 2.06. The number of aromatic nitrogens is 1. The fraction of sp³-hybridized carbons (Fsp3) is 0.292. The van der Waals surface area contributed by atoms with Crippen LogP contribution in [0, 0.1) is 13.8 Å². The maximum atomic E-state index is 12.9. The van der Waals surface area contributed by atoms with Gasteiger partial charge >= 0.3 is 0 Å². The van der Waals surface area contributed by atoms with Crippen molar-refractivity contribution in [3.63, 3.8) is 0 Å². The van der Waals surface area contributed by atoms with Gasteiger partial charge < -0.3 is 20.7 Å². The molecule has 3 aromatic rings. The van der Waals surface area contributed by atoms with Crippen molar-refractivity contribution in [2.24, 2.45) is 0 Å². The molecule has 1 aliphatic rings. The van der Waals surface area contributed by atoms with Crippen LogP contribution in [0.5, 0.6) is 5.75 Å². The summed E-state index contributed by atoms with van der Waals surface area (Å²) in [5.74, 6) is 0.446. The molecule has 0 saturated heterocycles. The lowest BCUT2D eigenvalue weighted by Crippen LogP contribution is -2.25. The van der Waals surface area contributed by atoms with Crippen LogP contribution in [0.3, 0.4) is 0 Å². The smallest absolute Gasteiger partial charge is 0.267 e. The second-order valence-corrected chi connectivity index (χ2v) is 8.87. The molecule has 2 amide bonds. The summed E-state index contributed by atoms with van der Waals surface area (Å²) in [6.45, 7) is 4.29. The highest BCUT2D eigenvalue weighted by molar-refractivity contribution is 7.17. The summed E-state index contributed by atoms with van der Waals surface area (Å²) >= 11 is 1.30. The van der Waals surface area contributed by atoms with Crippen molar-refractivity contribution in [3.8, 4) is 5.75 Å². The molecular formula is C24H26N4O3S. The fourth-order valence-corrected chi connectivity index (χ4v) is 4.07. The first kappa shape index (κ1) is 21.8. The van der Waals surface area contributed by atoms with Gasteiger partial charge in [0.2, 0.25) is 0 Å². The van der Waals surface area contributed by atoms with E-state index in [2.05, 4.69) is 20.9 Å². The molecule has 0 radical (unpaired) electrons. The van der Waals surface area contributed by atoms with Gasteiger partial charge in [-0.05, 0) is 62.1 Å². The Balaban J connectivity index is 1.43. The van der Waals surface area contributed by atoms with Crippen LogP contribution in [0.1, 0.15) is 49.7 Å². The van der Waals surface area contributed by atoms with Crippen molar-refractivity contribution < 1.29 is 14.3 Å².